The van der Waals surface area contributed by atoms with Crippen molar-refractivity contribution in [3.63, 3.8) is 0 Å². The second kappa shape index (κ2) is 8.28. The lowest BCUT2D eigenvalue weighted by atomic mass is 10.2. The molecule has 8 heteroatoms. The van der Waals surface area contributed by atoms with Crippen LogP contribution in [0.4, 0.5) is 23.2 Å². The number of carbonyl (C=O) groups excluding carboxylic acids is 2. The van der Waals surface area contributed by atoms with E-state index in [0.717, 1.165) is 18.2 Å². The van der Waals surface area contributed by atoms with Crippen molar-refractivity contribution in [1.82, 2.24) is 0 Å². The zero-order valence-electron chi connectivity index (χ0n) is 13.4. The van der Waals surface area contributed by atoms with Gasteiger partial charge in [-0.3, -0.25) is 4.79 Å². The van der Waals surface area contributed by atoms with E-state index in [0.29, 0.717) is 6.07 Å². The average molecular weight is 367 g/mol. The molecule has 0 aliphatic carbocycles. The standard InChI is InChI=1S/C18H13F4NO3/c1-10(18(25)23-14-8-7-13(20)16(21)17(14)22)26-15(24)9-6-11-4-2-3-5-12(11)19/h2-10H,1H3,(H,23,25)/b9-6+/t10-/m1/s1. The number of hydrogen-bond acceptors (Lipinski definition) is 3. The molecular weight excluding hydrogens is 354 g/mol. The van der Waals surface area contributed by atoms with Gasteiger partial charge < -0.3 is 10.1 Å². The van der Waals surface area contributed by atoms with Gasteiger partial charge >= 0.3 is 5.97 Å². The molecule has 26 heavy (non-hydrogen) atoms. The highest BCUT2D eigenvalue weighted by Crippen LogP contribution is 2.20. The van der Waals surface area contributed by atoms with E-state index in [1.165, 1.54) is 25.1 Å². The summed E-state index contributed by atoms with van der Waals surface area (Å²) in [5.74, 6) is -7.16. The normalized spacial score (nSPS) is 12.0. The Morgan fingerprint density at radius 2 is 1.69 bits per heavy atom. The van der Waals surface area contributed by atoms with Gasteiger partial charge in [-0.1, -0.05) is 18.2 Å². The molecule has 1 N–H and O–H groups in total. The lowest BCUT2D eigenvalue weighted by Gasteiger charge is -2.13. The fourth-order valence-corrected chi connectivity index (χ4v) is 1.89. The van der Waals surface area contributed by atoms with E-state index in [1.807, 2.05) is 5.32 Å². The fourth-order valence-electron chi connectivity index (χ4n) is 1.89. The Morgan fingerprint density at radius 3 is 2.38 bits per heavy atom. The molecule has 0 bridgehead atoms. The quantitative estimate of drug-likeness (QED) is 0.378. The summed E-state index contributed by atoms with van der Waals surface area (Å²) in [5.41, 5.74) is -0.455. The Hall–Kier alpha value is -3.16. The third-order valence-corrected chi connectivity index (χ3v) is 3.26. The monoisotopic (exact) mass is 367 g/mol. The summed E-state index contributed by atoms with van der Waals surface area (Å²) in [6.07, 6.45) is 0.720. The van der Waals surface area contributed by atoms with Crippen molar-refractivity contribution in [2.24, 2.45) is 0 Å². The molecule has 0 saturated carbocycles. The van der Waals surface area contributed by atoms with Crippen molar-refractivity contribution in [2.75, 3.05) is 5.32 Å². The minimum Gasteiger partial charge on any atom is -0.449 e. The predicted octanol–water partition coefficient (Wildman–Crippen LogP) is 3.83. The number of ether oxygens (including phenoxy) is 1. The van der Waals surface area contributed by atoms with Crippen LogP contribution in [0.15, 0.2) is 42.5 Å². The van der Waals surface area contributed by atoms with Crippen LogP contribution in [-0.4, -0.2) is 18.0 Å². The lowest BCUT2D eigenvalue weighted by molar-refractivity contribution is -0.148. The minimum atomic E-state index is -1.74. The number of nitrogens with one attached hydrogen (secondary N) is 1. The molecule has 2 aromatic rings. The van der Waals surface area contributed by atoms with Crippen LogP contribution in [0.5, 0.6) is 0 Å². The van der Waals surface area contributed by atoms with Gasteiger partial charge in [0.15, 0.2) is 23.6 Å². The van der Waals surface area contributed by atoms with Gasteiger partial charge in [0.25, 0.3) is 5.91 Å². The van der Waals surface area contributed by atoms with Crippen LogP contribution in [0.2, 0.25) is 0 Å². The maximum absolute atomic E-state index is 13.5. The molecule has 1 atom stereocenters. The van der Waals surface area contributed by atoms with E-state index in [9.17, 15) is 27.2 Å². The highest BCUT2D eigenvalue weighted by atomic mass is 19.2. The van der Waals surface area contributed by atoms with E-state index < -0.39 is 46.9 Å². The molecule has 0 aromatic heterocycles. The van der Waals surface area contributed by atoms with Crippen LogP contribution in [-0.2, 0) is 14.3 Å². The van der Waals surface area contributed by atoms with Crippen molar-refractivity contribution >= 4 is 23.6 Å². The van der Waals surface area contributed by atoms with Gasteiger partial charge in [-0.15, -0.1) is 0 Å². The van der Waals surface area contributed by atoms with Crippen LogP contribution in [0, 0.1) is 23.3 Å². The summed E-state index contributed by atoms with van der Waals surface area (Å²) in [6, 6.07) is 7.16. The number of benzene rings is 2. The number of anilines is 1. The number of amides is 1. The molecule has 1 amide bonds. The molecule has 136 valence electrons. The Morgan fingerprint density at radius 1 is 1.00 bits per heavy atom. The van der Waals surface area contributed by atoms with Gasteiger partial charge in [-0.05, 0) is 31.2 Å². The van der Waals surface area contributed by atoms with Crippen LogP contribution in [0.3, 0.4) is 0 Å². The summed E-state index contributed by atoms with van der Waals surface area (Å²) in [4.78, 5) is 23.5. The van der Waals surface area contributed by atoms with Crippen molar-refractivity contribution in [3.8, 4) is 0 Å². The third kappa shape index (κ3) is 4.69. The Kier molecular flexibility index (Phi) is 6.11. The van der Waals surface area contributed by atoms with Crippen molar-refractivity contribution in [2.45, 2.75) is 13.0 Å². The number of rotatable bonds is 5. The molecule has 0 unspecified atom stereocenters. The molecule has 0 fully saturated rings. The minimum absolute atomic E-state index is 0.144. The van der Waals surface area contributed by atoms with Crippen molar-refractivity contribution in [3.05, 3.63) is 71.3 Å². The Labute approximate surface area is 146 Å². The van der Waals surface area contributed by atoms with E-state index in [-0.39, 0.29) is 5.56 Å². The van der Waals surface area contributed by atoms with E-state index in [1.54, 1.807) is 6.07 Å². The van der Waals surface area contributed by atoms with Crippen LogP contribution in [0.25, 0.3) is 6.08 Å². The second-order valence-electron chi connectivity index (χ2n) is 5.15. The first-order chi connectivity index (χ1) is 12.3. The summed E-state index contributed by atoms with van der Waals surface area (Å²) in [7, 11) is 0. The van der Waals surface area contributed by atoms with Crippen LogP contribution >= 0.6 is 0 Å². The predicted molar refractivity (Wildman–Crippen MR) is 85.9 cm³/mol. The number of halogens is 4. The molecule has 4 nitrogen and oxygen atoms in total. The average Bonchev–Trinajstić information content (AvgIpc) is 2.61. The van der Waals surface area contributed by atoms with Gasteiger partial charge in [0.1, 0.15) is 5.82 Å². The summed E-state index contributed by atoms with van der Waals surface area (Å²) in [6.45, 7) is 1.20. The fraction of sp³-hybridized carbons (Fsp3) is 0.111. The molecule has 0 spiro atoms. The van der Waals surface area contributed by atoms with Crippen molar-refractivity contribution in [1.29, 1.82) is 0 Å². The molecule has 0 aliphatic rings. The molecule has 0 aliphatic heterocycles. The SMILES string of the molecule is C[C@@H](OC(=O)/C=C/c1ccccc1F)C(=O)Nc1ccc(F)c(F)c1F. The summed E-state index contributed by atoms with van der Waals surface area (Å²) < 4.78 is 57.7. The van der Waals surface area contributed by atoms with Gasteiger partial charge in [0.2, 0.25) is 0 Å². The van der Waals surface area contributed by atoms with E-state index in [2.05, 4.69) is 0 Å². The smallest absolute Gasteiger partial charge is 0.331 e. The van der Waals surface area contributed by atoms with Gasteiger partial charge in [0.05, 0.1) is 5.69 Å². The van der Waals surface area contributed by atoms with Crippen LogP contribution in [0.1, 0.15) is 12.5 Å². The summed E-state index contributed by atoms with van der Waals surface area (Å²) in [5, 5.41) is 1.98. The van der Waals surface area contributed by atoms with Gasteiger partial charge in [-0.25, -0.2) is 22.4 Å². The first-order valence-corrected chi connectivity index (χ1v) is 7.37. The zero-order valence-corrected chi connectivity index (χ0v) is 13.4. The highest BCUT2D eigenvalue weighted by Gasteiger charge is 2.20. The number of esters is 1. The molecule has 0 radical (unpaired) electrons. The number of hydrogen-bond donors (Lipinski definition) is 1. The highest BCUT2D eigenvalue weighted by molar-refractivity contribution is 5.96. The Balaban J connectivity index is 1.97. The first kappa shape index (κ1) is 19.2. The maximum atomic E-state index is 13.5. The van der Waals surface area contributed by atoms with Crippen molar-refractivity contribution < 1.29 is 31.9 Å². The van der Waals surface area contributed by atoms with Gasteiger partial charge in [-0.2, -0.15) is 0 Å². The molecule has 2 rings (SSSR count). The zero-order chi connectivity index (χ0) is 19.3. The molecule has 0 heterocycles. The topological polar surface area (TPSA) is 55.4 Å². The van der Waals surface area contributed by atoms with E-state index >= 15 is 0 Å². The van der Waals surface area contributed by atoms with Gasteiger partial charge in [0, 0.05) is 11.6 Å². The molecule has 0 saturated heterocycles. The lowest BCUT2D eigenvalue weighted by Crippen LogP contribution is -2.29. The number of carbonyl (C=O) groups is 2. The molecule has 2 aromatic carbocycles. The van der Waals surface area contributed by atoms with Crippen LogP contribution < -0.4 is 5.32 Å². The first-order valence-electron chi connectivity index (χ1n) is 7.37. The largest absolute Gasteiger partial charge is 0.449 e. The molecular formula is C18H13F4NO3. The maximum Gasteiger partial charge on any atom is 0.331 e. The Bertz CT molecular complexity index is 868. The second-order valence-corrected chi connectivity index (χ2v) is 5.15. The van der Waals surface area contributed by atoms with E-state index in [4.69, 9.17) is 4.74 Å². The summed E-state index contributed by atoms with van der Waals surface area (Å²) >= 11 is 0. The third-order valence-electron chi connectivity index (χ3n) is 3.26.